The van der Waals surface area contributed by atoms with E-state index in [4.69, 9.17) is 9.88 Å². The van der Waals surface area contributed by atoms with Crippen LogP contribution < -0.4 is 10.5 Å². The average molecular weight is 224 g/mol. The second-order valence-electron chi connectivity index (χ2n) is 2.71. The number of rotatable bonds is 7. The molecule has 0 saturated carbocycles. The zero-order chi connectivity index (χ0) is 11.0. The summed E-state index contributed by atoms with van der Waals surface area (Å²) in [6.07, 6.45) is 0.316. The van der Waals surface area contributed by atoms with E-state index in [0.717, 1.165) is 0 Å². The van der Waals surface area contributed by atoms with Crippen molar-refractivity contribution in [2.75, 3.05) is 25.5 Å². The maximum Gasteiger partial charge on any atom is 0.245 e. The van der Waals surface area contributed by atoms with E-state index in [2.05, 4.69) is 5.32 Å². The lowest BCUT2D eigenvalue weighted by atomic mass is 10.4. The first-order valence-corrected chi connectivity index (χ1v) is 6.02. The first-order chi connectivity index (χ1) is 6.45. The van der Waals surface area contributed by atoms with Gasteiger partial charge in [-0.1, -0.05) is 0 Å². The minimum atomic E-state index is -3.42. The molecular weight excluding hydrogens is 208 g/mol. The van der Waals surface area contributed by atoms with Crippen LogP contribution in [0.1, 0.15) is 13.3 Å². The molecule has 84 valence electrons. The first kappa shape index (κ1) is 13.3. The standard InChI is InChI=1S/C7H16N2O4S/c1-2-13-6-7(10)9-4-3-5-14(8,11)12/h2-6H2,1H3,(H,9,10)(H2,8,11,12). The summed E-state index contributed by atoms with van der Waals surface area (Å²) in [6.45, 7) is 2.56. The van der Waals surface area contributed by atoms with Crippen molar-refractivity contribution in [3.8, 4) is 0 Å². The summed E-state index contributed by atoms with van der Waals surface area (Å²) < 4.78 is 25.8. The number of sulfonamides is 1. The molecule has 0 unspecified atom stereocenters. The van der Waals surface area contributed by atoms with Gasteiger partial charge in [-0.05, 0) is 13.3 Å². The minimum absolute atomic E-state index is 0.00583. The van der Waals surface area contributed by atoms with Gasteiger partial charge in [0.2, 0.25) is 15.9 Å². The third-order valence-corrected chi connectivity index (χ3v) is 2.22. The number of amides is 1. The van der Waals surface area contributed by atoms with E-state index in [1.54, 1.807) is 6.92 Å². The van der Waals surface area contributed by atoms with E-state index >= 15 is 0 Å². The largest absolute Gasteiger partial charge is 0.372 e. The molecule has 7 heteroatoms. The second-order valence-corrected chi connectivity index (χ2v) is 4.44. The Bertz CT molecular complexity index is 263. The predicted octanol–water partition coefficient (Wildman–Crippen LogP) is -1.18. The molecule has 1 amide bonds. The number of carbonyl (C=O) groups excluding carboxylic acids is 1. The molecule has 0 atom stereocenters. The average Bonchev–Trinajstić information content (AvgIpc) is 2.07. The molecule has 0 heterocycles. The number of hydrogen-bond donors (Lipinski definition) is 2. The van der Waals surface area contributed by atoms with Crippen molar-refractivity contribution in [1.29, 1.82) is 0 Å². The van der Waals surface area contributed by atoms with Crippen molar-refractivity contribution in [2.45, 2.75) is 13.3 Å². The smallest absolute Gasteiger partial charge is 0.245 e. The van der Waals surface area contributed by atoms with Crippen LogP contribution in [0.3, 0.4) is 0 Å². The van der Waals surface area contributed by atoms with Crippen molar-refractivity contribution in [1.82, 2.24) is 5.32 Å². The molecule has 0 aromatic heterocycles. The topological polar surface area (TPSA) is 98.5 Å². The molecule has 0 rings (SSSR count). The van der Waals surface area contributed by atoms with Crippen LogP contribution in [0.25, 0.3) is 0 Å². The molecular formula is C7H16N2O4S. The van der Waals surface area contributed by atoms with Gasteiger partial charge < -0.3 is 10.1 Å². The third-order valence-electron chi connectivity index (χ3n) is 1.37. The zero-order valence-corrected chi connectivity index (χ0v) is 8.97. The fourth-order valence-corrected chi connectivity index (χ4v) is 1.29. The number of hydrogen-bond acceptors (Lipinski definition) is 4. The van der Waals surface area contributed by atoms with Crippen LogP contribution in [0, 0.1) is 0 Å². The Kier molecular flexibility index (Phi) is 6.43. The van der Waals surface area contributed by atoms with Gasteiger partial charge in [-0.15, -0.1) is 0 Å². The molecule has 6 nitrogen and oxygen atoms in total. The summed E-state index contributed by atoms with van der Waals surface area (Å²) >= 11 is 0. The molecule has 0 aromatic carbocycles. The van der Waals surface area contributed by atoms with Crippen LogP contribution in [0.4, 0.5) is 0 Å². The van der Waals surface area contributed by atoms with E-state index in [1.165, 1.54) is 0 Å². The summed E-state index contributed by atoms with van der Waals surface area (Å²) in [5, 5.41) is 7.27. The van der Waals surface area contributed by atoms with Gasteiger partial charge in [0.05, 0.1) is 5.75 Å². The van der Waals surface area contributed by atoms with Crippen molar-refractivity contribution in [3.63, 3.8) is 0 Å². The normalized spacial score (nSPS) is 11.3. The third kappa shape index (κ3) is 9.43. The molecule has 3 N–H and O–H groups in total. The van der Waals surface area contributed by atoms with Gasteiger partial charge in [0.25, 0.3) is 0 Å². The van der Waals surface area contributed by atoms with Gasteiger partial charge in [-0.25, -0.2) is 13.6 Å². The van der Waals surface area contributed by atoms with Crippen LogP contribution in [0.5, 0.6) is 0 Å². The highest BCUT2D eigenvalue weighted by molar-refractivity contribution is 7.89. The van der Waals surface area contributed by atoms with Crippen molar-refractivity contribution in [3.05, 3.63) is 0 Å². The highest BCUT2D eigenvalue weighted by Gasteiger charge is 2.03. The van der Waals surface area contributed by atoms with Gasteiger partial charge in [0.15, 0.2) is 0 Å². The number of nitrogens with one attached hydrogen (secondary N) is 1. The number of ether oxygens (including phenoxy) is 1. The quantitative estimate of drug-likeness (QED) is 0.532. The molecule has 0 radical (unpaired) electrons. The monoisotopic (exact) mass is 224 g/mol. The number of primary sulfonamides is 1. The van der Waals surface area contributed by atoms with Crippen LogP contribution in [0.2, 0.25) is 0 Å². The lowest BCUT2D eigenvalue weighted by Crippen LogP contribution is -2.30. The maximum absolute atomic E-state index is 10.9. The Morgan fingerprint density at radius 1 is 1.50 bits per heavy atom. The number of nitrogens with two attached hydrogens (primary N) is 1. The van der Waals surface area contributed by atoms with Crippen LogP contribution in [-0.4, -0.2) is 39.8 Å². The molecule has 0 spiro atoms. The molecule has 0 aliphatic rings. The maximum atomic E-state index is 10.9. The van der Waals surface area contributed by atoms with Gasteiger partial charge in [-0.2, -0.15) is 0 Å². The van der Waals surface area contributed by atoms with Crippen molar-refractivity contribution in [2.24, 2.45) is 5.14 Å². The van der Waals surface area contributed by atoms with Gasteiger partial charge in [-0.3, -0.25) is 4.79 Å². The Balaban J connectivity index is 3.41. The summed E-state index contributed by atoms with van der Waals surface area (Å²) in [5.74, 6) is -0.372. The van der Waals surface area contributed by atoms with Crippen molar-refractivity contribution >= 4 is 15.9 Å². The van der Waals surface area contributed by atoms with Crippen LogP contribution in [-0.2, 0) is 19.6 Å². The Morgan fingerprint density at radius 3 is 2.64 bits per heavy atom. The molecule has 0 aromatic rings. The van der Waals surface area contributed by atoms with E-state index < -0.39 is 10.0 Å². The molecule has 0 fully saturated rings. The van der Waals surface area contributed by atoms with E-state index in [1.807, 2.05) is 0 Å². The lowest BCUT2D eigenvalue weighted by molar-refractivity contribution is -0.125. The summed E-state index contributed by atoms with van der Waals surface area (Å²) in [6, 6.07) is 0. The molecule has 0 aliphatic carbocycles. The van der Waals surface area contributed by atoms with Crippen molar-refractivity contribution < 1.29 is 17.9 Å². The predicted molar refractivity (Wildman–Crippen MR) is 52.1 cm³/mol. The summed E-state index contributed by atoms with van der Waals surface area (Å²) in [7, 11) is -3.42. The molecule has 0 saturated heterocycles. The highest BCUT2D eigenvalue weighted by atomic mass is 32.2. The second kappa shape index (κ2) is 6.74. The molecule has 0 bridgehead atoms. The Morgan fingerprint density at radius 2 is 2.14 bits per heavy atom. The fourth-order valence-electron chi connectivity index (χ4n) is 0.747. The molecule has 14 heavy (non-hydrogen) atoms. The zero-order valence-electron chi connectivity index (χ0n) is 8.15. The fraction of sp³-hybridized carbons (Fsp3) is 0.857. The van der Waals surface area contributed by atoms with Gasteiger partial charge in [0, 0.05) is 13.2 Å². The Hall–Kier alpha value is -0.660. The van der Waals surface area contributed by atoms with Gasteiger partial charge >= 0.3 is 0 Å². The first-order valence-electron chi connectivity index (χ1n) is 4.30. The lowest BCUT2D eigenvalue weighted by Gasteiger charge is -2.03. The molecule has 0 aliphatic heterocycles. The van der Waals surface area contributed by atoms with Gasteiger partial charge in [0.1, 0.15) is 6.61 Å². The number of carbonyl (C=O) groups is 1. The van der Waals surface area contributed by atoms with E-state index in [9.17, 15) is 13.2 Å². The van der Waals surface area contributed by atoms with E-state index in [0.29, 0.717) is 19.6 Å². The van der Waals surface area contributed by atoms with E-state index in [-0.39, 0.29) is 18.3 Å². The summed E-state index contributed by atoms with van der Waals surface area (Å²) in [4.78, 5) is 10.9. The summed E-state index contributed by atoms with van der Waals surface area (Å²) in [5.41, 5.74) is 0. The van der Waals surface area contributed by atoms with Crippen LogP contribution in [0.15, 0.2) is 0 Å². The highest BCUT2D eigenvalue weighted by Crippen LogP contribution is 1.83. The van der Waals surface area contributed by atoms with Crippen LogP contribution >= 0.6 is 0 Å². The SMILES string of the molecule is CCOCC(=O)NCCCS(N)(=O)=O. The minimum Gasteiger partial charge on any atom is -0.372 e. The Labute approximate surface area is 83.9 Å².